The summed E-state index contributed by atoms with van der Waals surface area (Å²) < 4.78 is 0. The molecular weight excluding hydrogens is 164 g/mol. The SMILES string of the molecule is Nc1nc(N)c([N+](=O)[O-])c(N)n1. The van der Waals surface area contributed by atoms with Gasteiger partial charge < -0.3 is 17.2 Å². The number of hydrogen-bond donors (Lipinski definition) is 3. The molecular formula is C4H6N6O2. The number of nitro groups is 1. The van der Waals surface area contributed by atoms with Gasteiger partial charge in [-0.2, -0.15) is 9.97 Å². The molecule has 64 valence electrons. The Morgan fingerprint density at radius 3 is 1.92 bits per heavy atom. The third-order valence-corrected chi connectivity index (χ3v) is 1.14. The van der Waals surface area contributed by atoms with E-state index < -0.39 is 10.6 Å². The number of nitrogens with two attached hydrogens (primary N) is 3. The highest BCUT2D eigenvalue weighted by Crippen LogP contribution is 2.24. The molecule has 1 aromatic rings. The van der Waals surface area contributed by atoms with Gasteiger partial charge in [-0.05, 0) is 0 Å². The molecule has 0 fully saturated rings. The second-order valence-electron chi connectivity index (χ2n) is 1.96. The van der Waals surface area contributed by atoms with E-state index in [1.54, 1.807) is 0 Å². The third-order valence-electron chi connectivity index (χ3n) is 1.14. The summed E-state index contributed by atoms with van der Waals surface area (Å²) in [6.07, 6.45) is 0. The number of anilines is 3. The summed E-state index contributed by atoms with van der Waals surface area (Å²) in [5.74, 6) is -0.842. The molecule has 0 aromatic carbocycles. The average Bonchev–Trinajstić information content (AvgIpc) is 1.82. The first kappa shape index (κ1) is 7.98. The molecule has 0 bridgehead atoms. The Labute approximate surface area is 66.5 Å². The van der Waals surface area contributed by atoms with Gasteiger partial charge in [0.2, 0.25) is 17.6 Å². The van der Waals surface area contributed by atoms with E-state index in [4.69, 9.17) is 17.2 Å². The van der Waals surface area contributed by atoms with Crippen molar-refractivity contribution in [2.45, 2.75) is 0 Å². The highest BCUT2D eigenvalue weighted by Gasteiger charge is 2.19. The minimum atomic E-state index is -0.760. The van der Waals surface area contributed by atoms with Gasteiger partial charge in [0.15, 0.2) is 0 Å². The fourth-order valence-electron chi connectivity index (χ4n) is 0.696. The van der Waals surface area contributed by atoms with Crippen molar-refractivity contribution in [2.75, 3.05) is 17.2 Å². The van der Waals surface area contributed by atoms with Gasteiger partial charge in [-0.3, -0.25) is 10.1 Å². The van der Waals surface area contributed by atoms with E-state index in [-0.39, 0.29) is 17.6 Å². The van der Waals surface area contributed by atoms with Crippen molar-refractivity contribution in [3.05, 3.63) is 10.1 Å². The van der Waals surface area contributed by atoms with Crippen molar-refractivity contribution in [2.24, 2.45) is 0 Å². The summed E-state index contributed by atoms with van der Waals surface area (Å²) in [7, 11) is 0. The van der Waals surface area contributed by atoms with Gasteiger partial charge in [-0.15, -0.1) is 0 Å². The first-order valence-electron chi connectivity index (χ1n) is 2.85. The van der Waals surface area contributed by atoms with E-state index in [0.29, 0.717) is 0 Å². The van der Waals surface area contributed by atoms with E-state index in [0.717, 1.165) is 0 Å². The Kier molecular flexibility index (Phi) is 1.66. The predicted molar refractivity (Wildman–Crippen MR) is 41.9 cm³/mol. The standard InChI is InChI=1S/C4H6N6O2/c5-2-1(10(11)12)3(6)9-4(7)8-2/h(H6,5,6,7,8,9). The normalized spacial score (nSPS) is 9.67. The van der Waals surface area contributed by atoms with Crippen LogP contribution in [0.3, 0.4) is 0 Å². The molecule has 0 unspecified atom stereocenters. The van der Waals surface area contributed by atoms with Crippen LogP contribution in [0.15, 0.2) is 0 Å². The van der Waals surface area contributed by atoms with Crippen molar-refractivity contribution in [3.8, 4) is 0 Å². The molecule has 0 spiro atoms. The maximum atomic E-state index is 10.3. The summed E-state index contributed by atoms with van der Waals surface area (Å²) in [4.78, 5) is 16.3. The molecule has 0 amide bonds. The molecule has 8 heteroatoms. The van der Waals surface area contributed by atoms with Gasteiger partial charge in [0.05, 0.1) is 4.92 Å². The third kappa shape index (κ3) is 1.17. The van der Waals surface area contributed by atoms with Crippen LogP contribution >= 0.6 is 0 Å². The number of nitrogen functional groups attached to an aromatic ring is 3. The molecule has 0 aliphatic rings. The lowest BCUT2D eigenvalue weighted by molar-refractivity contribution is -0.383. The summed E-state index contributed by atoms with van der Waals surface area (Å²) in [5, 5.41) is 10.3. The smallest absolute Gasteiger partial charge is 0.352 e. The lowest BCUT2D eigenvalue weighted by Crippen LogP contribution is -2.07. The Morgan fingerprint density at radius 2 is 1.58 bits per heavy atom. The maximum absolute atomic E-state index is 10.3. The Balaban J connectivity index is 3.38. The summed E-state index contributed by atoms with van der Waals surface area (Å²) in [6.45, 7) is 0. The average molecular weight is 170 g/mol. The van der Waals surface area contributed by atoms with Crippen LogP contribution in [0.5, 0.6) is 0 Å². The maximum Gasteiger partial charge on any atom is 0.352 e. The number of nitrogens with zero attached hydrogens (tertiary/aromatic N) is 3. The van der Waals surface area contributed by atoms with Crippen LogP contribution < -0.4 is 17.2 Å². The lowest BCUT2D eigenvalue weighted by Gasteiger charge is -1.99. The predicted octanol–water partition coefficient (Wildman–Crippen LogP) is -0.869. The molecule has 8 nitrogen and oxygen atoms in total. The molecule has 0 aliphatic carbocycles. The zero-order valence-electron chi connectivity index (χ0n) is 5.89. The Hall–Kier alpha value is -2.12. The second-order valence-corrected chi connectivity index (χ2v) is 1.96. The van der Waals surface area contributed by atoms with Crippen LogP contribution in [0.25, 0.3) is 0 Å². The van der Waals surface area contributed by atoms with Crippen molar-refractivity contribution in [1.29, 1.82) is 0 Å². The molecule has 0 saturated heterocycles. The van der Waals surface area contributed by atoms with E-state index >= 15 is 0 Å². The zero-order chi connectivity index (χ0) is 9.30. The second kappa shape index (κ2) is 2.49. The van der Waals surface area contributed by atoms with Crippen molar-refractivity contribution < 1.29 is 4.92 Å². The van der Waals surface area contributed by atoms with Gasteiger partial charge in [0.1, 0.15) is 0 Å². The Bertz CT molecular complexity index is 313. The van der Waals surface area contributed by atoms with Crippen LogP contribution in [-0.2, 0) is 0 Å². The van der Waals surface area contributed by atoms with E-state index in [2.05, 4.69) is 9.97 Å². The fraction of sp³-hybridized carbons (Fsp3) is 0. The van der Waals surface area contributed by atoms with E-state index in [1.165, 1.54) is 0 Å². The van der Waals surface area contributed by atoms with Gasteiger partial charge in [0, 0.05) is 0 Å². The number of hydrogen-bond acceptors (Lipinski definition) is 7. The van der Waals surface area contributed by atoms with Crippen LogP contribution in [0.1, 0.15) is 0 Å². The first-order chi connectivity index (χ1) is 5.52. The molecule has 0 aliphatic heterocycles. The highest BCUT2D eigenvalue weighted by atomic mass is 16.6. The van der Waals surface area contributed by atoms with Crippen LogP contribution in [-0.4, -0.2) is 14.9 Å². The Morgan fingerprint density at radius 1 is 1.17 bits per heavy atom. The molecule has 1 heterocycles. The highest BCUT2D eigenvalue weighted by molar-refractivity contribution is 5.67. The number of rotatable bonds is 1. The van der Waals surface area contributed by atoms with E-state index in [1.807, 2.05) is 0 Å². The van der Waals surface area contributed by atoms with Crippen LogP contribution in [0, 0.1) is 10.1 Å². The van der Waals surface area contributed by atoms with Crippen molar-refractivity contribution in [3.63, 3.8) is 0 Å². The van der Waals surface area contributed by atoms with Crippen LogP contribution in [0.2, 0.25) is 0 Å². The summed E-state index contributed by atoms with van der Waals surface area (Å²) in [5.41, 5.74) is 15.0. The summed E-state index contributed by atoms with van der Waals surface area (Å²) in [6, 6.07) is 0. The molecule has 6 N–H and O–H groups in total. The minimum absolute atomic E-state index is 0.185. The molecule has 1 rings (SSSR count). The van der Waals surface area contributed by atoms with Crippen LogP contribution in [0.4, 0.5) is 23.3 Å². The van der Waals surface area contributed by atoms with Gasteiger partial charge in [-0.25, -0.2) is 0 Å². The van der Waals surface area contributed by atoms with Crippen molar-refractivity contribution >= 4 is 23.3 Å². The topological polar surface area (TPSA) is 147 Å². The molecule has 0 radical (unpaired) electrons. The fourth-order valence-corrected chi connectivity index (χ4v) is 0.696. The lowest BCUT2D eigenvalue weighted by atomic mass is 10.4. The van der Waals surface area contributed by atoms with Crippen molar-refractivity contribution in [1.82, 2.24) is 9.97 Å². The largest absolute Gasteiger partial charge is 0.378 e. The molecule has 0 saturated carbocycles. The first-order valence-corrected chi connectivity index (χ1v) is 2.85. The van der Waals surface area contributed by atoms with E-state index in [9.17, 15) is 10.1 Å². The molecule has 12 heavy (non-hydrogen) atoms. The monoisotopic (exact) mass is 170 g/mol. The molecule has 0 atom stereocenters. The summed E-state index contributed by atoms with van der Waals surface area (Å²) >= 11 is 0. The van der Waals surface area contributed by atoms with Gasteiger partial charge in [0.25, 0.3) is 0 Å². The van der Waals surface area contributed by atoms with Gasteiger partial charge in [-0.1, -0.05) is 0 Å². The minimum Gasteiger partial charge on any atom is -0.378 e. The number of aromatic nitrogens is 2. The molecule has 1 aromatic heterocycles. The zero-order valence-corrected chi connectivity index (χ0v) is 5.89. The quantitative estimate of drug-likeness (QED) is 0.366. The van der Waals surface area contributed by atoms with Gasteiger partial charge >= 0.3 is 5.69 Å².